The van der Waals surface area contributed by atoms with E-state index in [0.717, 1.165) is 12.4 Å². The minimum Gasteiger partial charge on any atom is -0.370 e. The van der Waals surface area contributed by atoms with Crippen molar-refractivity contribution in [2.75, 3.05) is 0 Å². The van der Waals surface area contributed by atoms with Gasteiger partial charge in [-0.3, -0.25) is 4.79 Å². The molecule has 2 N–H and O–H groups in total. The number of primary amides is 1. The molecule has 5 heteroatoms. The largest absolute Gasteiger partial charge is 0.370 e. The van der Waals surface area contributed by atoms with Crippen LogP contribution in [-0.2, 0) is 4.79 Å². The minimum atomic E-state index is -0.491. The van der Waals surface area contributed by atoms with Crippen molar-refractivity contribution in [3.8, 4) is 0 Å². The quantitative estimate of drug-likeness (QED) is 0.745. The third-order valence-electron chi connectivity index (χ3n) is 1.59. The fraction of sp³-hybridized carbons (Fsp3) is 0.375. The van der Waals surface area contributed by atoms with E-state index in [1.54, 1.807) is 6.92 Å². The molecule has 0 bridgehead atoms. The van der Waals surface area contributed by atoms with Gasteiger partial charge < -0.3 is 5.73 Å². The van der Waals surface area contributed by atoms with E-state index >= 15 is 0 Å². The smallest absolute Gasteiger partial charge is 0.218 e. The predicted molar refractivity (Wildman–Crippen MR) is 44.2 cm³/mol. The maximum Gasteiger partial charge on any atom is 0.218 e. The molecule has 0 aromatic carbocycles. The maximum absolute atomic E-state index is 12.4. The molecule has 1 unspecified atom stereocenters. The Morgan fingerprint density at radius 3 is 2.62 bits per heavy atom. The summed E-state index contributed by atoms with van der Waals surface area (Å²) in [6, 6.07) is 0. The van der Waals surface area contributed by atoms with Crippen LogP contribution in [0.3, 0.4) is 0 Å². The summed E-state index contributed by atoms with van der Waals surface area (Å²) in [5.41, 5.74) is 4.99. The molecule has 1 atom stereocenters. The van der Waals surface area contributed by atoms with E-state index in [0.29, 0.717) is 5.82 Å². The second kappa shape index (κ2) is 3.93. The molecule has 0 radical (unpaired) electrons. The zero-order valence-electron chi connectivity index (χ0n) is 7.20. The van der Waals surface area contributed by atoms with Gasteiger partial charge in [-0.15, -0.1) is 0 Å². The molecule has 0 aliphatic rings. The van der Waals surface area contributed by atoms with Gasteiger partial charge in [-0.05, 0) is 0 Å². The number of nitrogens with zero attached hydrogens (tertiary/aromatic N) is 2. The highest BCUT2D eigenvalue weighted by Crippen LogP contribution is 2.12. The zero-order valence-corrected chi connectivity index (χ0v) is 7.20. The average molecular weight is 183 g/mol. The van der Waals surface area contributed by atoms with Gasteiger partial charge in [-0.1, -0.05) is 6.92 Å². The monoisotopic (exact) mass is 183 g/mol. The minimum absolute atomic E-state index is 0.168. The van der Waals surface area contributed by atoms with Crippen LogP contribution in [0.15, 0.2) is 12.4 Å². The normalized spacial score (nSPS) is 12.5. The SMILES string of the molecule is CC(CC(N)=O)c1ncc(F)cn1. The van der Waals surface area contributed by atoms with Crippen LogP contribution < -0.4 is 5.73 Å². The topological polar surface area (TPSA) is 68.9 Å². The Hall–Kier alpha value is -1.52. The highest BCUT2D eigenvalue weighted by molar-refractivity contribution is 5.74. The van der Waals surface area contributed by atoms with Crippen LogP contribution in [-0.4, -0.2) is 15.9 Å². The lowest BCUT2D eigenvalue weighted by molar-refractivity contribution is -0.118. The van der Waals surface area contributed by atoms with E-state index in [-0.39, 0.29) is 12.3 Å². The lowest BCUT2D eigenvalue weighted by Gasteiger charge is -2.05. The summed E-state index contributed by atoms with van der Waals surface area (Å²) in [7, 11) is 0. The van der Waals surface area contributed by atoms with Gasteiger partial charge in [0.05, 0.1) is 12.4 Å². The van der Waals surface area contributed by atoms with Gasteiger partial charge in [0.2, 0.25) is 5.91 Å². The number of nitrogens with two attached hydrogens (primary N) is 1. The maximum atomic E-state index is 12.4. The summed E-state index contributed by atoms with van der Waals surface area (Å²) in [6.45, 7) is 1.76. The molecule has 0 spiro atoms. The van der Waals surface area contributed by atoms with Crippen LogP contribution >= 0.6 is 0 Å². The number of hydrogen-bond acceptors (Lipinski definition) is 3. The number of aromatic nitrogens is 2. The first-order chi connectivity index (χ1) is 6.09. The fourth-order valence-electron chi connectivity index (χ4n) is 0.970. The fourth-order valence-corrected chi connectivity index (χ4v) is 0.970. The zero-order chi connectivity index (χ0) is 9.84. The summed E-state index contributed by atoms with van der Waals surface area (Å²) in [6.07, 6.45) is 2.31. The van der Waals surface area contributed by atoms with Crippen molar-refractivity contribution >= 4 is 5.91 Å². The van der Waals surface area contributed by atoms with Gasteiger partial charge >= 0.3 is 0 Å². The molecule has 13 heavy (non-hydrogen) atoms. The van der Waals surface area contributed by atoms with Crippen LogP contribution in [0.1, 0.15) is 25.1 Å². The summed E-state index contributed by atoms with van der Waals surface area (Å²) in [4.78, 5) is 18.0. The first-order valence-electron chi connectivity index (χ1n) is 3.85. The first-order valence-corrected chi connectivity index (χ1v) is 3.85. The van der Waals surface area contributed by atoms with E-state index in [1.165, 1.54) is 0 Å². The Bertz CT molecular complexity index is 299. The van der Waals surface area contributed by atoms with Gasteiger partial charge in [0.25, 0.3) is 0 Å². The first kappa shape index (κ1) is 9.57. The van der Waals surface area contributed by atoms with Crippen LogP contribution in [0.4, 0.5) is 4.39 Å². The molecular formula is C8H10FN3O. The molecule has 0 saturated heterocycles. The van der Waals surface area contributed by atoms with E-state index in [4.69, 9.17) is 5.73 Å². The number of amides is 1. The molecule has 0 aliphatic carbocycles. The third-order valence-corrected chi connectivity index (χ3v) is 1.59. The Morgan fingerprint density at radius 1 is 1.62 bits per heavy atom. The summed E-state index contributed by atoms with van der Waals surface area (Å²) >= 11 is 0. The lowest BCUT2D eigenvalue weighted by Crippen LogP contribution is -2.15. The van der Waals surface area contributed by atoms with Crippen molar-refractivity contribution in [2.24, 2.45) is 5.73 Å². The van der Waals surface area contributed by atoms with Gasteiger partial charge in [-0.2, -0.15) is 0 Å². The third kappa shape index (κ3) is 2.77. The van der Waals surface area contributed by atoms with Crippen LogP contribution in [0.25, 0.3) is 0 Å². The molecule has 1 aromatic rings. The summed E-state index contributed by atoms with van der Waals surface area (Å²) < 4.78 is 12.4. The Morgan fingerprint density at radius 2 is 2.15 bits per heavy atom. The van der Waals surface area contributed by atoms with Gasteiger partial charge in [0, 0.05) is 12.3 Å². The highest BCUT2D eigenvalue weighted by Gasteiger charge is 2.11. The number of hydrogen-bond donors (Lipinski definition) is 1. The molecule has 4 nitrogen and oxygen atoms in total. The predicted octanol–water partition coefficient (Wildman–Crippen LogP) is 0.595. The Kier molecular flexibility index (Phi) is 2.89. The number of carbonyl (C=O) groups is 1. The second-order valence-corrected chi connectivity index (χ2v) is 2.83. The van der Waals surface area contributed by atoms with Gasteiger partial charge in [-0.25, -0.2) is 14.4 Å². The van der Waals surface area contributed by atoms with Crippen LogP contribution in [0.2, 0.25) is 0 Å². The summed E-state index contributed by atoms with van der Waals surface area (Å²) in [5.74, 6) is -0.645. The van der Waals surface area contributed by atoms with Crippen LogP contribution in [0, 0.1) is 5.82 Å². The number of carbonyl (C=O) groups excluding carboxylic acids is 1. The number of rotatable bonds is 3. The van der Waals surface area contributed by atoms with Gasteiger partial charge in [0.15, 0.2) is 5.82 Å². The van der Waals surface area contributed by atoms with Crippen LogP contribution in [0.5, 0.6) is 0 Å². The lowest BCUT2D eigenvalue weighted by atomic mass is 10.1. The van der Waals surface area contributed by atoms with Gasteiger partial charge in [0.1, 0.15) is 5.82 Å². The molecule has 70 valence electrons. The Labute approximate surface area is 75.0 Å². The molecule has 1 amide bonds. The van der Waals surface area contributed by atoms with E-state index in [1.807, 2.05) is 0 Å². The molecule has 0 aliphatic heterocycles. The highest BCUT2D eigenvalue weighted by atomic mass is 19.1. The standard InChI is InChI=1S/C8H10FN3O/c1-5(2-7(10)13)8-11-3-6(9)4-12-8/h3-5H,2H2,1H3,(H2,10,13). The molecule has 1 aromatic heterocycles. The summed E-state index contributed by atoms with van der Waals surface area (Å²) in [5, 5.41) is 0. The molecule has 1 heterocycles. The Balaban J connectivity index is 2.71. The molecular weight excluding hydrogens is 173 g/mol. The van der Waals surface area contributed by atoms with Crippen molar-refractivity contribution < 1.29 is 9.18 Å². The van der Waals surface area contributed by atoms with Crippen molar-refractivity contribution in [2.45, 2.75) is 19.3 Å². The van der Waals surface area contributed by atoms with E-state index in [2.05, 4.69) is 9.97 Å². The van der Waals surface area contributed by atoms with Crippen molar-refractivity contribution in [3.05, 3.63) is 24.0 Å². The van der Waals surface area contributed by atoms with Crippen molar-refractivity contribution in [1.82, 2.24) is 9.97 Å². The van der Waals surface area contributed by atoms with E-state index in [9.17, 15) is 9.18 Å². The molecule has 0 saturated carbocycles. The van der Waals surface area contributed by atoms with Crippen molar-refractivity contribution in [3.63, 3.8) is 0 Å². The molecule has 1 rings (SSSR count). The average Bonchev–Trinajstić information content (AvgIpc) is 2.04. The van der Waals surface area contributed by atoms with E-state index < -0.39 is 11.7 Å². The van der Waals surface area contributed by atoms with Crippen molar-refractivity contribution in [1.29, 1.82) is 0 Å². The second-order valence-electron chi connectivity index (χ2n) is 2.83. The molecule has 0 fully saturated rings. The number of halogens is 1.